The molecular weight excluding hydrogens is 240 g/mol. The standard InChI is InChI=1S/C15H12N2O2/c1-10-14(15(18)19)17-8-7-12(9-13(17)16-10)11-5-3-2-4-6-11/h2-9H,1H3,(H,18,19). The number of carboxylic acids is 1. The molecule has 0 saturated carbocycles. The lowest BCUT2D eigenvalue weighted by atomic mass is 10.1. The van der Waals surface area contributed by atoms with E-state index in [4.69, 9.17) is 0 Å². The van der Waals surface area contributed by atoms with Gasteiger partial charge in [0.15, 0.2) is 5.69 Å². The quantitative estimate of drug-likeness (QED) is 0.762. The van der Waals surface area contributed by atoms with Gasteiger partial charge in [0.05, 0.1) is 5.69 Å². The van der Waals surface area contributed by atoms with Crippen LogP contribution in [0.5, 0.6) is 0 Å². The normalized spacial score (nSPS) is 10.8. The van der Waals surface area contributed by atoms with Crippen LogP contribution in [0.1, 0.15) is 16.2 Å². The number of rotatable bonds is 2. The first-order chi connectivity index (χ1) is 9.16. The molecule has 0 spiro atoms. The third-order valence-electron chi connectivity index (χ3n) is 3.11. The Balaban J connectivity index is 2.21. The summed E-state index contributed by atoms with van der Waals surface area (Å²) >= 11 is 0. The fraction of sp³-hybridized carbons (Fsp3) is 0.0667. The lowest BCUT2D eigenvalue weighted by Crippen LogP contribution is -2.03. The van der Waals surface area contributed by atoms with Gasteiger partial charge in [-0.15, -0.1) is 0 Å². The van der Waals surface area contributed by atoms with Gasteiger partial charge in [0.1, 0.15) is 5.65 Å². The number of fused-ring (bicyclic) bond motifs is 1. The Morgan fingerprint density at radius 1 is 1.16 bits per heavy atom. The molecule has 0 aliphatic carbocycles. The molecule has 4 heteroatoms. The Hall–Kier alpha value is -2.62. The van der Waals surface area contributed by atoms with Gasteiger partial charge >= 0.3 is 5.97 Å². The maximum atomic E-state index is 11.2. The number of nitrogens with zero attached hydrogens (tertiary/aromatic N) is 2. The van der Waals surface area contributed by atoms with Gasteiger partial charge in [0.25, 0.3) is 0 Å². The van der Waals surface area contributed by atoms with Crippen LogP contribution in [0, 0.1) is 6.92 Å². The summed E-state index contributed by atoms with van der Waals surface area (Å²) in [6.45, 7) is 1.71. The molecule has 3 rings (SSSR count). The Labute approximate surface area is 110 Å². The third-order valence-corrected chi connectivity index (χ3v) is 3.11. The molecule has 0 saturated heterocycles. The largest absolute Gasteiger partial charge is 0.477 e. The molecule has 2 heterocycles. The molecule has 0 bridgehead atoms. The van der Waals surface area contributed by atoms with Gasteiger partial charge in [0, 0.05) is 6.20 Å². The highest BCUT2D eigenvalue weighted by Crippen LogP contribution is 2.22. The van der Waals surface area contributed by atoms with Crippen molar-refractivity contribution in [3.8, 4) is 11.1 Å². The second-order valence-electron chi connectivity index (χ2n) is 4.36. The summed E-state index contributed by atoms with van der Waals surface area (Å²) in [6, 6.07) is 13.7. The number of pyridine rings is 1. The molecule has 2 aromatic heterocycles. The number of imidazole rings is 1. The van der Waals surface area contributed by atoms with E-state index >= 15 is 0 Å². The zero-order chi connectivity index (χ0) is 13.4. The molecule has 0 radical (unpaired) electrons. The smallest absolute Gasteiger partial charge is 0.354 e. The van der Waals surface area contributed by atoms with Crippen LogP contribution in [-0.2, 0) is 0 Å². The van der Waals surface area contributed by atoms with Crippen LogP contribution in [0.2, 0.25) is 0 Å². The van der Waals surface area contributed by atoms with Crippen molar-refractivity contribution in [2.45, 2.75) is 6.92 Å². The monoisotopic (exact) mass is 252 g/mol. The molecule has 0 aliphatic rings. The minimum absolute atomic E-state index is 0.217. The minimum atomic E-state index is -0.961. The Morgan fingerprint density at radius 2 is 1.89 bits per heavy atom. The average Bonchev–Trinajstić information content (AvgIpc) is 2.74. The highest BCUT2D eigenvalue weighted by molar-refractivity contribution is 5.88. The first-order valence-electron chi connectivity index (χ1n) is 5.94. The van der Waals surface area contributed by atoms with Gasteiger partial charge in [-0.3, -0.25) is 4.40 Å². The number of aryl methyl sites for hydroxylation is 1. The number of aromatic carboxylic acids is 1. The van der Waals surface area contributed by atoms with Crippen LogP contribution in [0.4, 0.5) is 0 Å². The predicted octanol–water partition coefficient (Wildman–Crippen LogP) is 3.01. The van der Waals surface area contributed by atoms with E-state index in [-0.39, 0.29) is 5.69 Å². The topological polar surface area (TPSA) is 54.6 Å². The van der Waals surface area contributed by atoms with E-state index in [0.717, 1.165) is 11.1 Å². The number of hydrogen-bond donors (Lipinski definition) is 1. The lowest BCUT2D eigenvalue weighted by Gasteiger charge is -2.03. The Morgan fingerprint density at radius 3 is 2.58 bits per heavy atom. The van der Waals surface area contributed by atoms with Crippen LogP contribution >= 0.6 is 0 Å². The fourth-order valence-corrected chi connectivity index (χ4v) is 2.23. The van der Waals surface area contributed by atoms with Crippen molar-refractivity contribution in [1.29, 1.82) is 0 Å². The summed E-state index contributed by atoms with van der Waals surface area (Å²) < 4.78 is 1.60. The van der Waals surface area contributed by atoms with Crippen molar-refractivity contribution in [2.75, 3.05) is 0 Å². The zero-order valence-electron chi connectivity index (χ0n) is 10.4. The van der Waals surface area contributed by atoms with E-state index < -0.39 is 5.97 Å². The molecule has 0 atom stereocenters. The van der Waals surface area contributed by atoms with E-state index in [1.165, 1.54) is 0 Å². The number of hydrogen-bond acceptors (Lipinski definition) is 2. The lowest BCUT2D eigenvalue weighted by molar-refractivity contribution is 0.0688. The van der Waals surface area contributed by atoms with E-state index in [2.05, 4.69) is 4.98 Å². The highest BCUT2D eigenvalue weighted by Gasteiger charge is 2.15. The van der Waals surface area contributed by atoms with E-state index in [0.29, 0.717) is 11.3 Å². The maximum absolute atomic E-state index is 11.2. The van der Waals surface area contributed by atoms with Crippen LogP contribution in [0.15, 0.2) is 48.7 Å². The molecule has 0 amide bonds. The number of benzene rings is 1. The van der Waals surface area contributed by atoms with Gasteiger partial charge in [-0.2, -0.15) is 0 Å². The van der Waals surface area contributed by atoms with Crippen molar-refractivity contribution >= 4 is 11.6 Å². The predicted molar refractivity (Wildman–Crippen MR) is 72.3 cm³/mol. The molecule has 94 valence electrons. The summed E-state index contributed by atoms with van der Waals surface area (Å²) in [5, 5.41) is 9.18. The van der Waals surface area contributed by atoms with Crippen molar-refractivity contribution in [2.24, 2.45) is 0 Å². The maximum Gasteiger partial charge on any atom is 0.354 e. The van der Waals surface area contributed by atoms with E-state index in [9.17, 15) is 9.90 Å². The van der Waals surface area contributed by atoms with Crippen LogP contribution in [0.3, 0.4) is 0 Å². The summed E-state index contributed by atoms with van der Waals surface area (Å²) in [5.41, 5.74) is 3.50. The number of aromatic nitrogens is 2. The molecule has 19 heavy (non-hydrogen) atoms. The molecule has 0 aliphatic heterocycles. The molecule has 1 aromatic carbocycles. The number of carbonyl (C=O) groups is 1. The fourth-order valence-electron chi connectivity index (χ4n) is 2.23. The van der Waals surface area contributed by atoms with E-state index in [1.807, 2.05) is 42.5 Å². The molecule has 1 N–H and O–H groups in total. The second-order valence-corrected chi connectivity index (χ2v) is 4.36. The van der Waals surface area contributed by atoms with E-state index in [1.54, 1.807) is 17.5 Å². The van der Waals surface area contributed by atoms with Crippen LogP contribution in [0.25, 0.3) is 16.8 Å². The van der Waals surface area contributed by atoms with Crippen molar-refractivity contribution in [3.05, 3.63) is 60.0 Å². The Bertz CT molecular complexity index is 760. The Kier molecular flexibility index (Phi) is 2.56. The van der Waals surface area contributed by atoms with Gasteiger partial charge in [-0.1, -0.05) is 30.3 Å². The van der Waals surface area contributed by atoms with Gasteiger partial charge in [-0.05, 0) is 30.2 Å². The van der Waals surface area contributed by atoms with Gasteiger partial charge in [-0.25, -0.2) is 9.78 Å². The van der Waals surface area contributed by atoms with Crippen LogP contribution < -0.4 is 0 Å². The first-order valence-corrected chi connectivity index (χ1v) is 5.94. The summed E-state index contributed by atoms with van der Waals surface area (Å²) in [4.78, 5) is 15.5. The van der Waals surface area contributed by atoms with Gasteiger partial charge < -0.3 is 5.11 Å². The van der Waals surface area contributed by atoms with Crippen molar-refractivity contribution < 1.29 is 9.90 Å². The summed E-state index contributed by atoms with van der Waals surface area (Å²) in [6.07, 6.45) is 1.75. The number of carboxylic acid groups (broad SMARTS) is 1. The third kappa shape index (κ3) is 1.87. The molecule has 0 fully saturated rings. The van der Waals surface area contributed by atoms with Crippen LogP contribution in [-0.4, -0.2) is 20.5 Å². The second kappa shape index (κ2) is 4.24. The highest BCUT2D eigenvalue weighted by atomic mass is 16.4. The van der Waals surface area contributed by atoms with Crippen molar-refractivity contribution in [3.63, 3.8) is 0 Å². The average molecular weight is 252 g/mol. The summed E-state index contributed by atoms with van der Waals surface area (Å²) in [7, 11) is 0. The molecule has 0 unspecified atom stereocenters. The first kappa shape index (κ1) is 11.5. The molecule has 4 nitrogen and oxygen atoms in total. The van der Waals surface area contributed by atoms with Gasteiger partial charge in [0.2, 0.25) is 0 Å². The molecular formula is C15H12N2O2. The summed E-state index contributed by atoms with van der Waals surface area (Å²) in [5.74, 6) is -0.961. The minimum Gasteiger partial charge on any atom is -0.477 e. The zero-order valence-corrected chi connectivity index (χ0v) is 10.4. The van der Waals surface area contributed by atoms with Crippen molar-refractivity contribution in [1.82, 2.24) is 9.38 Å². The SMILES string of the molecule is Cc1nc2cc(-c3ccccc3)ccn2c1C(=O)O. The molecule has 3 aromatic rings.